The summed E-state index contributed by atoms with van der Waals surface area (Å²) in [5.74, 6) is -2.61. The third kappa shape index (κ3) is 3.45. The predicted molar refractivity (Wildman–Crippen MR) is 123 cm³/mol. The van der Waals surface area contributed by atoms with Gasteiger partial charge in [0, 0.05) is 37.9 Å². The van der Waals surface area contributed by atoms with Crippen molar-refractivity contribution in [2.24, 2.45) is 15.7 Å². The van der Waals surface area contributed by atoms with E-state index in [0.29, 0.717) is 17.3 Å². The van der Waals surface area contributed by atoms with Gasteiger partial charge in [0.1, 0.15) is 18.7 Å². The highest BCUT2D eigenvalue weighted by Gasteiger charge is 2.70. The number of aliphatic hydroxyl groups is 2. The number of anilines is 2. The van der Waals surface area contributed by atoms with Gasteiger partial charge in [-0.15, -0.1) is 0 Å². The number of carbonyl (C=O) groups excluding carboxylic acids is 3. The summed E-state index contributed by atoms with van der Waals surface area (Å²) in [5.41, 5.74) is 5.44. The number of guanidine groups is 2. The zero-order valence-electron chi connectivity index (χ0n) is 18.6. The highest BCUT2D eigenvalue weighted by molar-refractivity contribution is 6.28. The minimum Gasteiger partial charge on any atom is -0.447 e. The number of imide groups is 1. The molecule has 2 fully saturated rings. The van der Waals surface area contributed by atoms with Gasteiger partial charge in [-0.1, -0.05) is 0 Å². The van der Waals surface area contributed by atoms with E-state index in [2.05, 4.69) is 25.9 Å². The molecule has 3 unspecified atom stereocenters. The van der Waals surface area contributed by atoms with Crippen LogP contribution < -0.4 is 26.6 Å². The number of carbonyl (C=O) groups is 3. The normalized spacial score (nSPS) is 29.5. The van der Waals surface area contributed by atoms with E-state index >= 15 is 0 Å². The number of amides is 3. The van der Waals surface area contributed by atoms with Crippen LogP contribution in [0.2, 0.25) is 0 Å². The molecule has 1 spiro atoms. The lowest BCUT2D eigenvalue weighted by Gasteiger charge is -2.48. The third-order valence-electron chi connectivity index (χ3n) is 6.52. The monoisotopic (exact) mass is 484 g/mol. The Balaban J connectivity index is 1.26. The zero-order valence-corrected chi connectivity index (χ0v) is 18.6. The minimum absolute atomic E-state index is 0.0279. The molecule has 0 bridgehead atoms. The molecule has 4 heterocycles. The molecule has 3 amide bonds. The quantitative estimate of drug-likeness (QED) is 0.205. The van der Waals surface area contributed by atoms with Crippen LogP contribution in [0.4, 0.5) is 16.2 Å². The van der Waals surface area contributed by atoms with E-state index in [-0.39, 0.29) is 25.5 Å². The van der Waals surface area contributed by atoms with Gasteiger partial charge < -0.3 is 36.2 Å². The van der Waals surface area contributed by atoms with Crippen LogP contribution in [0.5, 0.6) is 0 Å². The Morgan fingerprint density at radius 3 is 2.63 bits per heavy atom. The van der Waals surface area contributed by atoms with Gasteiger partial charge in [0.25, 0.3) is 11.8 Å². The lowest BCUT2D eigenvalue weighted by Crippen LogP contribution is -2.76. The van der Waals surface area contributed by atoms with Crippen molar-refractivity contribution in [1.29, 1.82) is 0 Å². The standard InChI is InChI=1S/C21H24N8O6/c1-23-18-26-16-13(25-17(22)28-9-8-20(33,34)21(16,28)27-18)10-35-19(32)24-11-2-4-12(5-3-11)29-14(30)6-7-15(29)31/h2-7,13,16,33-34H,8-10H2,1H3,(H2,22,25)(H,24,32)(H2,23,26,27). The van der Waals surface area contributed by atoms with E-state index in [1.54, 1.807) is 11.9 Å². The maximum atomic E-state index is 12.4. The van der Waals surface area contributed by atoms with Crippen LogP contribution >= 0.6 is 0 Å². The number of hydrogen-bond acceptors (Lipinski definition) is 10. The molecule has 0 radical (unpaired) electrons. The minimum atomic E-state index is -2.15. The van der Waals surface area contributed by atoms with Gasteiger partial charge in [-0.3, -0.25) is 19.9 Å². The molecule has 7 N–H and O–H groups in total. The van der Waals surface area contributed by atoms with Crippen molar-refractivity contribution in [1.82, 2.24) is 15.5 Å². The fourth-order valence-electron chi connectivity index (χ4n) is 4.88. The summed E-state index contributed by atoms with van der Waals surface area (Å²) in [6.45, 7) is 0.0499. The summed E-state index contributed by atoms with van der Waals surface area (Å²) in [4.78, 5) is 47.1. The van der Waals surface area contributed by atoms with E-state index < -0.39 is 41.4 Å². The molecule has 0 aromatic heterocycles. The lowest BCUT2D eigenvalue weighted by atomic mass is 9.87. The average Bonchev–Trinajstić information content (AvgIpc) is 3.46. The SMILES string of the molecule is CN=C1NC2C(COC(=O)Nc3ccc(N4C(=O)C=CC4=O)cc3)N=C(N)N3CCC(O)(O)C23N1. The maximum Gasteiger partial charge on any atom is 0.411 e. The molecular weight excluding hydrogens is 460 g/mol. The molecule has 14 nitrogen and oxygen atoms in total. The van der Waals surface area contributed by atoms with Crippen LogP contribution in [0.15, 0.2) is 46.4 Å². The van der Waals surface area contributed by atoms with Gasteiger partial charge in [0.15, 0.2) is 17.6 Å². The third-order valence-corrected chi connectivity index (χ3v) is 6.52. The Morgan fingerprint density at radius 1 is 1.29 bits per heavy atom. The van der Waals surface area contributed by atoms with E-state index in [1.807, 2.05) is 0 Å². The molecule has 184 valence electrons. The van der Waals surface area contributed by atoms with Crippen LogP contribution in [0.1, 0.15) is 6.42 Å². The van der Waals surface area contributed by atoms with Gasteiger partial charge in [-0.05, 0) is 24.3 Å². The number of benzene rings is 1. The van der Waals surface area contributed by atoms with E-state index in [4.69, 9.17) is 10.5 Å². The molecule has 35 heavy (non-hydrogen) atoms. The molecule has 4 aliphatic heterocycles. The van der Waals surface area contributed by atoms with Crippen molar-refractivity contribution in [3.05, 3.63) is 36.4 Å². The fraction of sp³-hybridized carbons (Fsp3) is 0.381. The summed E-state index contributed by atoms with van der Waals surface area (Å²) in [6.07, 6.45) is 1.62. The zero-order chi connectivity index (χ0) is 25.0. The number of nitrogens with zero attached hydrogens (tertiary/aromatic N) is 4. The molecule has 0 saturated carbocycles. The van der Waals surface area contributed by atoms with Gasteiger partial charge in [0.05, 0.1) is 5.69 Å². The van der Waals surface area contributed by atoms with E-state index in [1.165, 1.54) is 36.4 Å². The first-order valence-corrected chi connectivity index (χ1v) is 10.8. The van der Waals surface area contributed by atoms with Gasteiger partial charge in [-0.2, -0.15) is 0 Å². The fourth-order valence-corrected chi connectivity index (χ4v) is 4.88. The van der Waals surface area contributed by atoms with Crippen molar-refractivity contribution in [3.63, 3.8) is 0 Å². The maximum absolute atomic E-state index is 12.4. The Labute approximate surface area is 199 Å². The summed E-state index contributed by atoms with van der Waals surface area (Å²) in [6, 6.07) is 4.63. The first kappa shape index (κ1) is 22.6. The average molecular weight is 484 g/mol. The number of ether oxygens (including phenoxy) is 1. The van der Waals surface area contributed by atoms with Gasteiger partial charge >= 0.3 is 6.09 Å². The number of nitrogens with one attached hydrogen (secondary N) is 3. The van der Waals surface area contributed by atoms with Crippen LogP contribution in [-0.4, -0.2) is 88.7 Å². The van der Waals surface area contributed by atoms with Crippen LogP contribution in [0, 0.1) is 0 Å². The molecule has 1 aromatic rings. The van der Waals surface area contributed by atoms with Crippen LogP contribution in [-0.2, 0) is 14.3 Å². The van der Waals surface area contributed by atoms with Crippen molar-refractivity contribution >= 4 is 41.2 Å². The second kappa shape index (κ2) is 7.95. The van der Waals surface area contributed by atoms with Crippen LogP contribution in [0.3, 0.4) is 0 Å². The van der Waals surface area contributed by atoms with Crippen LogP contribution in [0.25, 0.3) is 0 Å². The number of hydrogen-bond donors (Lipinski definition) is 6. The first-order chi connectivity index (χ1) is 16.7. The summed E-state index contributed by atoms with van der Waals surface area (Å²) < 4.78 is 5.36. The molecule has 2 saturated heterocycles. The summed E-state index contributed by atoms with van der Waals surface area (Å²) in [5, 5.41) is 30.2. The van der Waals surface area contributed by atoms with Gasteiger partial charge in [0.2, 0.25) is 5.79 Å². The molecule has 1 aromatic carbocycles. The number of nitrogens with two attached hydrogens (primary N) is 1. The number of rotatable bonds is 4. The molecule has 3 atom stereocenters. The van der Waals surface area contributed by atoms with Crippen molar-refractivity contribution in [2.45, 2.75) is 30.0 Å². The summed E-state index contributed by atoms with van der Waals surface area (Å²) >= 11 is 0. The van der Waals surface area contributed by atoms with Crippen molar-refractivity contribution < 1.29 is 29.3 Å². The summed E-state index contributed by atoms with van der Waals surface area (Å²) in [7, 11) is 1.54. The predicted octanol–water partition coefficient (Wildman–Crippen LogP) is -2.01. The first-order valence-electron chi connectivity index (χ1n) is 10.8. The highest BCUT2D eigenvalue weighted by atomic mass is 16.5. The topological polar surface area (TPSA) is 194 Å². The Hall–Kier alpha value is -4.17. The lowest BCUT2D eigenvalue weighted by molar-refractivity contribution is -0.221. The van der Waals surface area contributed by atoms with E-state index in [9.17, 15) is 24.6 Å². The Kier molecular flexibility index (Phi) is 5.14. The highest BCUT2D eigenvalue weighted by Crippen LogP contribution is 2.43. The largest absolute Gasteiger partial charge is 0.447 e. The van der Waals surface area contributed by atoms with Gasteiger partial charge in [-0.25, -0.2) is 14.7 Å². The molecule has 0 aliphatic carbocycles. The second-order valence-electron chi connectivity index (χ2n) is 8.47. The molecule has 14 heteroatoms. The Bertz CT molecular complexity index is 1160. The smallest absolute Gasteiger partial charge is 0.411 e. The second-order valence-corrected chi connectivity index (χ2v) is 8.47. The van der Waals surface area contributed by atoms with E-state index in [0.717, 1.165) is 4.90 Å². The molecule has 5 rings (SSSR count). The van der Waals surface area contributed by atoms with Crippen molar-refractivity contribution in [2.75, 3.05) is 30.4 Å². The molecular formula is C21H24N8O6. The van der Waals surface area contributed by atoms with Crippen molar-refractivity contribution in [3.8, 4) is 0 Å². The number of aliphatic imine (C=N–C) groups is 2. The Morgan fingerprint density at radius 2 is 1.97 bits per heavy atom. The molecule has 4 aliphatic rings.